The van der Waals surface area contributed by atoms with Crippen molar-refractivity contribution in [3.63, 3.8) is 0 Å². The van der Waals surface area contributed by atoms with E-state index >= 15 is 0 Å². The van der Waals surface area contributed by atoms with Gasteiger partial charge in [0.2, 0.25) is 0 Å². The maximum Gasteiger partial charge on any atom is 0.164 e. The van der Waals surface area contributed by atoms with Gasteiger partial charge in [-0.05, 0) is 83.7 Å². The lowest BCUT2D eigenvalue weighted by Crippen LogP contribution is -2.10. The van der Waals surface area contributed by atoms with E-state index in [2.05, 4.69) is 146 Å². The van der Waals surface area contributed by atoms with E-state index in [0.29, 0.717) is 0 Å². The van der Waals surface area contributed by atoms with E-state index < -0.39 is 0 Å². The Morgan fingerprint density at radius 2 is 1.27 bits per heavy atom. The van der Waals surface area contributed by atoms with Crippen LogP contribution in [-0.2, 0) is 0 Å². The third-order valence-electron chi connectivity index (χ3n) is 9.75. The van der Waals surface area contributed by atoms with Crippen LogP contribution in [-0.4, -0.2) is 15.0 Å². The van der Waals surface area contributed by atoms with Crippen LogP contribution in [0.2, 0.25) is 0 Å². The highest BCUT2D eigenvalue weighted by atomic mass is 32.1. The van der Waals surface area contributed by atoms with Crippen molar-refractivity contribution < 1.29 is 0 Å². The monoisotopic (exact) mass is 649 g/mol. The Morgan fingerprint density at radius 1 is 0.551 bits per heavy atom. The molecule has 2 aliphatic rings. The SMILES string of the molecule is C1=CC(c2nc(-c3cc(-c4ccccc4-c4ccccc4-c4ccccc4)cc4sc5ccccc5c34)nc(C3C=CCCC3)n2)=CCC1. The Balaban J connectivity index is 1.30. The molecule has 0 saturated heterocycles. The molecule has 1 unspecified atom stereocenters. The van der Waals surface area contributed by atoms with Gasteiger partial charge in [-0.3, -0.25) is 0 Å². The van der Waals surface area contributed by atoms with Crippen molar-refractivity contribution in [2.24, 2.45) is 0 Å². The zero-order valence-corrected chi connectivity index (χ0v) is 28.0. The number of thiophene rings is 1. The first-order valence-corrected chi connectivity index (χ1v) is 18.1. The Morgan fingerprint density at radius 3 is 2.02 bits per heavy atom. The molecule has 2 heterocycles. The van der Waals surface area contributed by atoms with E-state index in [1.54, 1.807) is 0 Å². The first-order valence-electron chi connectivity index (χ1n) is 17.3. The van der Waals surface area contributed by atoms with Crippen LogP contribution >= 0.6 is 11.3 Å². The van der Waals surface area contributed by atoms with E-state index in [4.69, 9.17) is 15.0 Å². The highest BCUT2D eigenvalue weighted by molar-refractivity contribution is 7.26. The van der Waals surface area contributed by atoms with Crippen LogP contribution in [0.25, 0.3) is 70.5 Å². The predicted molar refractivity (Wildman–Crippen MR) is 207 cm³/mol. The second-order valence-electron chi connectivity index (χ2n) is 12.9. The molecule has 4 heteroatoms. The number of aromatic nitrogens is 3. The van der Waals surface area contributed by atoms with E-state index in [1.807, 2.05) is 11.3 Å². The molecule has 0 bridgehead atoms. The molecule has 3 nitrogen and oxygen atoms in total. The summed E-state index contributed by atoms with van der Waals surface area (Å²) in [4.78, 5) is 15.7. The fraction of sp³-hybridized carbons (Fsp3) is 0.133. The summed E-state index contributed by atoms with van der Waals surface area (Å²) in [5.74, 6) is 2.57. The Hall–Kier alpha value is -5.45. The normalized spacial score (nSPS) is 15.9. The summed E-state index contributed by atoms with van der Waals surface area (Å²) in [5.41, 5.74) is 9.34. The molecule has 0 N–H and O–H groups in total. The van der Waals surface area contributed by atoms with Gasteiger partial charge in [0.15, 0.2) is 11.6 Å². The summed E-state index contributed by atoms with van der Waals surface area (Å²) in [6, 6.07) is 41.6. The molecule has 1 atom stereocenters. The van der Waals surface area contributed by atoms with E-state index in [-0.39, 0.29) is 5.92 Å². The average Bonchev–Trinajstić information content (AvgIpc) is 3.57. The summed E-state index contributed by atoms with van der Waals surface area (Å²) in [6.45, 7) is 0. The molecule has 0 spiro atoms. The minimum Gasteiger partial charge on any atom is -0.212 e. The molecular weight excluding hydrogens is 615 g/mol. The quantitative estimate of drug-likeness (QED) is 0.168. The van der Waals surface area contributed by atoms with Crippen LogP contribution in [0.3, 0.4) is 0 Å². The maximum atomic E-state index is 5.31. The molecule has 0 saturated carbocycles. The summed E-state index contributed by atoms with van der Waals surface area (Å²) in [7, 11) is 0. The van der Waals surface area contributed by atoms with Crippen molar-refractivity contribution in [1.82, 2.24) is 15.0 Å². The second kappa shape index (κ2) is 12.9. The first kappa shape index (κ1) is 29.7. The molecule has 5 aromatic carbocycles. The van der Waals surface area contributed by atoms with Crippen LogP contribution in [0, 0.1) is 0 Å². The number of fused-ring (bicyclic) bond motifs is 3. The summed E-state index contributed by atoms with van der Waals surface area (Å²) >= 11 is 1.84. The highest BCUT2D eigenvalue weighted by Gasteiger charge is 2.23. The maximum absolute atomic E-state index is 5.31. The van der Waals surface area contributed by atoms with Crippen LogP contribution in [0.5, 0.6) is 0 Å². The van der Waals surface area contributed by atoms with Gasteiger partial charge in [0.25, 0.3) is 0 Å². The molecule has 0 aliphatic heterocycles. The second-order valence-corrected chi connectivity index (χ2v) is 14.0. The molecule has 9 rings (SSSR count). The zero-order chi connectivity index (χ0) is 32.6. The summed E-state index contributed by atoms with van der Waals surface area (Å²) < 4.78 is 2.50. The number of allylic oxidation sites excluding steroid dienone is 6. The van der Waals surface area contributed by atoms with E-state index in [0.717, 1.165) is 66.3 Å². The van der Waals surface area contributed by atoms with Gasteiger partial charge >= 0.3 is 0 Å². The van der Waals surface area contributed by atoms with Crippen molar-refractivity contribution in [1.29, 1.82) is 0 Å². The largest absolute Gasteiger partial charge is 0.212 e. The number of hydrogen-bond donors (Lipinski definition) is 0. The van der Waals surface area contributed by atoms with Gasteiger partial charge in [-0.2, -0.15) is 0 Å². The van der Waals surface area contributed by atoms with Crippen LogP contribution in [0.1, 0.15) is 49.7 Å². The predicted octanol–water partition coefficient (Wildman–Crippen LogP) is 12.5. The van der Waals surface area contributed by atoms with Gasteiger partial charge in [0.1, 0.15) is 5.82 Å². The third-order valence-corrected chi connectivity index (χ3v) is 10.9. The van der Waals surface area contributed by atoms with Crippen molar-refractivity contribution in [3.8, 4) is 44.8 Å². The molecule has 2 aromatic heterocycles. The van der Waals surface area contributed by atoms with Gasteiger partial charge in [-0.15, -0.1) is 11.3 Å². The standard InChI is InChI=1S/C45H35N3S/c1-4-16-30(17-5-1)34-22-10-12-24-36(34)37-25-13-11-23-35(37)33-28-39(42-38-26-14-15-27-40(38)49-41(42)29-33)45-47-43(31-18-6-2-7-19-31)46-44(48-45)32-20-8-3-9-21-32/h1,4-6,8,10-20,22-29,32H,2-3,7,9,21H2. The lowest BCUT2D eigenvalue weighted by molar-refractivity contribution is 0.621. The van der Waals surface area contributed by atoms with Crippen molar-refractivity contribution in [2.45, 2.75) is 38.0 Å². The lowest BCUT2D eigenvalue weighted by atomic mass is 9.88. The topological polar surface area (TPSA) is 38.7 Å². The molecule has 7 aromatic rings. The Bertz CT molecular complexity index is 2430. The highest BCUT2D eigenvalue weighted by Crippen LogP contribution is 2.45. The molecule has 0 amide bonds. The molecule has 236 valence electrons. The molecular formula is C45H35N3S. The number of hydrogen-bond acceptors (Lipinski definition) is 4. The van der Waals surface area contributed by atoms with Crippen molar-refractivity contribution in [2.75, 3.05) is 0 Å². The van der Waals surface area contributed by atoms with E-state index in [1.165, 1.54) is 48.0 Å². The van der Waals surface area contributed by atoms with Gasteiger partial charge in [0, 0.05) is 37.2 Å². The van der Waals surface area contributed by atoms with Gasteiger partial charge < -0.3 is 0 Å². The number of rotatable bonds is 6. The van der Waals surface area contributed by atoms with Gasteiger partial charge in [-0.25, -0.2) is 15.0 Å². The Labute approximate surface area is 291 Å². The molecule has 0 radical (unpaired) electrons. The lowest BCUT2D eigenvalue weighted by Gasteiger charge is -2.18. The summed E-state index contributed by atoms with van der Waals surface area (Å²) in [6.07, 6.45) is 16.6. The molecule has 2 aliphatic carbocycles. The number of benzene rings is 5. The van der Waals surface area contributed by atoms with Crippen LogP contribution in [0.4, 0.5) is 0 Å². The van der Waals surface area contributed by atoms with Crippen molar-refractivity contribution in [3.05, 3.63) is 157 Å². The zero-order valence-electron chi connectivity index (χ0n) is 27.2. The molecule has 0 fully saturated rings. The minimum atomic E-state index is 0.190. The van der Waals surface area contributed by atoms with Gasteiger partial charge in [0.05, 0.1) is 0 Å². The van der Waals surface area contributed by atoms with Crippen molar-refractivity contribution >= 4 is 37.1 Å². The van der Waals surface area contributed by atoms with Crippen LogP contribution < -0.4 is 0 Å². The summed E-state index contributed by atoms with van der Waals surface area (Å²) in [5, 5.41) is 2.45. The van der Waals surface area contributed by atoms with Gasteiger partial charge in [-0.1, -0.05) is 127 Å². The first-order chi connectivity index (χ1) is 24.3. The average molecular weight is 650 g/mol. The molecule has 49 heavy (non-hydrogen) atoms. The fourth-order valence-corrected chi connectivity index (χ4v) is 8.53. The van der Waals surface area contributed by atoms with Crippen LogP contribution in [0.15, 0.2) is 146 Å². The minimum absolute atomic E-state index is 0.190. The van der Waals surface area contributed by atoms with E-state index in [9.17, 15) is 0 Å². The Kier molecular flexibility index (Phi) is 7.79. The third kappa shape index (κ3) is 5.62. The number of nitrogens with zero attached hydrogens (tertiary/aromatic N) is 3. The fourth-order valence-electron chi connectivity index (χ4n) is 7.36. The smallest absolute Gasteiger partial charge is 0.164 e.